The molecule has 4 atom stereocenters. The lowest BCUT2D eigenvalue weighted by Gasteiger charge is -2.26. The quantitative estimate of drug-likeness (QED) is 0.798. The predicted octanol–water partition coefficient (Wildman–Crippen LogP) is 1.81. The molecule has 0 amide bonds. The fourth-order valence-electron chi connectivity index (χ4n) is 3.62. The summed E-state index contributed by atoms with van der Waals surface area (Å²) < 4.78 is 2.11. The highest BCUT2D eigenvalue weighted by atomic mass is 35.5. The van der Waals surface area contributed by atoms with Gasteiger partial charge in [0.2, 0.25) is 0 Å². The van der Waals surface area contributed by atoms with Crippen molar-refractivity contribution in [3.05, 3.63) is 17.8 Å². The number of halogens is 1. The van der Waals surface area contributed by atoms with Crippen molar-refractivity contribution in [2.75, 3.05) is 0 Å². The van der Waals surface area contributed by atoms with Crippen LogP contribution < -0.4 is 0 Å². The summed E-state index contributed by atoms with van der Waals surface area (Å²) in [7, 11) is 0. The van der Waals surface area contributed by atoms with Crippen LogP contribution in [0.3, 0.4) is 0 Å². The standard InChI is InChI=1S/C12H13ClN4O/c13-11-10-12(15-4-14-11)17(5-16-10)8-2-7-1-6(8)3-9(7)18/h4-9,18H,1-3H2/t6-,7+,8+,9-/m0/s1. The summed E-state index contributed by atoms with van der Waals surface area (Å²) in [6, 6.07) is 0.398. The Hall–Kier alpha value is -1.20. The van der Waals surface area contributed by atoms with Crippen LogP contribution in [0.15, 0.2) is 12.7 Å². The van der Waals surface area contributed by atoms with E-state index in [1.807, 2.05) is 6.33 Å². The van der Waals surface area contributed by atoms with Crippen molar-refractivity contribution in [2.24, 2.45) is 11.8 Å². The molecule has 2 heterocycles. The molecule has 0 saturated heterocycles. The van der Waals surface area contributed by atoms with E-state index < -0.39 is 0 Å². The normalized spacial score (nSPS) is 34.6. The number of nitrogens with zero attached hydrogens (tertiary/aromatic N) is 4. The number of imidazole rings is 1. The second kappa shape index (κ2) is 3.65. The van der Waals surface area contributed by atoms with E-state index in [0.29, 0.717) is 28.5 Å². The fourth-order valence-corrected chi connectivity index (χ4v) is 3.80. The summed E-state index contributed by atoms with van der Waals surface area (Å²) in [6.45, 7) is 0. The van der Waals surface area contributed by atoms with Crippen molar-refractivity contribution >= 4 is 22.8 Å². The first-order valence-electron chi connectivity index (χ1n) is 6.25. The summed E-state index contributed by atoms with van der Waals surface area (Å²) in [4.78, 5) is 12.5. The molecular formula is C12H13ClN4O. The van der Waals surface area contributed by atoms with Gasteiger partial charge in [-0.15, -0.1) is 0 Å². The Morgan fingerprint density at radius 2 is 2.06 bits per heavy atom. The zero-order valence-corrected chi connectivity index (χ0v) is 10.5. The minimum absolute atomic E-state index is 0.112. The molecule has 5 nitrogen and oxygen atoms in total. The lowest BCUT2D eigenvalue weighted by molar-refractivity contribution is 0.0975. The van der Waals surface area contributed by atoms with E-state index >= 15 is 0 Å². The second-order valence-corrected chi connectivity index (χ2v) is 5.71. The van der Waals surface area contributed by atoms with Crippen molar-refractivity contribution in [3.63, 3.8) is 0 Å². The van der Waals surface area contributed by atoms with Crippen LogP contribution in [0.4, 0.5) is 0 Å². The number of fused-ring (bicyclic) bond motifs is 3. The summed E-state index contributed by atoms with van der Waals surface area (Å²) in [5, 5.41) is 10.2. The van der Waals surface area contributed by atoms with E-state index in [4.69, 9.17) is 11.6 Å². The third kappa shape index (κ3) is 1.34. The van der Waals surface area contributed by atoms with Crippen molar-refractivity contribution in [3.8, 4) is 0 Å². The Kier molecular flexibility index (Phi) is 2.17. The van der Waals surface area contributed by atoms with E-state index in [-0.39, 0.29) is 6.10 Å². The van der Waals surface area contributed by atoms with E-state index in [9.17, 15) is 5.11 Å². The van der Waals surface area contributed by atoms with Crippen molar-refractivity contribution < 1.29 is 5.11 Å². The average molecular weight is 265 g/mol. The van der Waals surface area contributed by atoms with Gasteiger partial charge >= 0.3 is 0 Å². The van der Waals surface area contributed by atoms with E-state index in [2.05, 4.69) is 19.5 Å². The number of aliphatic hydroxyl groups excluding tert-OH is 1. The highest BCUT2D eigenvalue weighted by Gasteiger charge is 2.46. The highest BCUT2D eigenvalue weighted by Crippen LogP contribution is 2.51. The van der Waals surface area contributed by atoms with Crippen molar-refractivity contribution in [2.45, 2.75) is 31.4 Å². The first-order valence-corrected chi connectivity index (χ1v) is 6.63. The summed E-state index contributed by atoms with van der Waals surface area (Å²) >= 11 is 6.01. The van der Waals surface area contributed by atoms with Crippen LogP contribution in [-0.2, 0) is 0 Å². The minimum Gasteiger partial charge on any atom is -0.393 e. The van der Waals surface area contributed by atoms with Gasteiger partial charge in [-0.3, -0.25) is 0 Å². The molecule has 94 valence electrons. The van der Waals surface area contributed by atoms with Gasteiger partial charge in [-0.05, 0) is 31.1 Å². The summed E-state index contributed by atoms with van der Waals surface area (Å²) in [6.07, 6.45) is 6.20. The Labute approximate surface area is 109 Å². The molecule has 18 heavy (non-hydrogen) atoms. The first kappa shape index (κ1) is 10.7. The van der Waals surface area contributed by atoms with Crippen LogP contribution in [0.5, 0.6) is 0 Å². The monoisotopic (exact) mass is 264 g/mol. The lowest BCUT2D eigenvalue weighted by atomic mass is 9.93. The maximum atomic E-state index is 9.82. The van der Waals surface area contributed by atoms with Gasteiger partial charge in [-0.25, -0.2) is 15.0 Å². The second-order valence-electron chi connectivity index (χ2n) is 5.35. The molecule has 1 N–H and O–H groups in total. The smallest absolute Gasteiger partial charge is 0.165 e. The number of aliphatic hydroxyl groups is 1. The van der Waals surface area contributed by atoms with E-state index in [0.717, 1.165) is 24.9 Å². The van der Waals surface area contributed by atoms with Gasteiger partial charge in [-0.2, -0.15) is 0 Å². The first-order chi connectivity index (χ1) is 8.74. The average Bonchev–Trinajstić information content (AvgIpc) is 3.00. The predicted molar refractivity (Wildman–Crippen MR) is 66.2 cm³/mol. The van der Waals surface area contributed by atoms with Gasteiger partial charge in [0.25, 0.3) is 0 Å². The van der Waals surface area contributed by atoms with Crippen LogP contribution in [0.2, 0.25) is 5.15 Å². The molecule has 0 radical (unpaired) electrons. The number of rotatable bonds is 1. The van der Waals surface area contributed by atoms with Crippen LogP contribution in [-0.4, -0.2) is 30.7 Å². The Morgan fingerprint density at radius 3 is 2.78 bits per heavy atom. The molecule has 0 unspecified atom stereocenters. The van der Waals surface area contributed by atoms with Crippen LogP contribution in [0.1, 0.15) is 25.3 Å². The minimum atomic E-state index is -0.112. The summed E-state index contributed by atoms with van der Waals surface area (Å²) in [5.74, 6) is 0.978. The van der Waals surface area contributed by atoms with Gasteiger partial charge in [0.15, 0.2) is 10.8 Å². The molecule has 0 aliphatic heterocycles. The molecule has 6 heteroatoms. The number of hydrogen-bond acceptors (Lipinski definition) is 4. The van der Waals surface area contributed by atoms with Crippen molar-refractivity contribution in [1.82, 2.24) is 19.5 Å². The number of hydrogen-bond donors (Lipinski definition) is 1. The van der Waals surface area contributed by atoms with E-state index in [1.165, 1.54) is 6.33 Å². The third-order valence-electron chi connectivity index (χ3n) is 4.45. The molecule has 0 aromatic carbocycles. The molecule has 2 aliphatic rings. The molecule has 2 aromatic rings. The van der Waals surface area contributed by atoms with Crippen molar-refractivity contribution in [1.29, 1.82) is 0 Å². The van der Waals surface area contributed by atoms with E-state index in [1.54, 1.807) is 0 Å². The molecule has 4 rings (SSSR count). The van der Waals surface area contributed by atoms with Gasteiger partial charge in [0, 0.05) is 6.04 Å². The lowest BCUT2D eigenvalue weighted by Crippen LogP contribution is -2.23. The molecule has 2 fully saturated rings. The molecule has 0 spiro atoms. The maximum Gasteiger partial charge on any atom is 0.165 e. The van der Waals surface area contributed by atoms with Crippen LogP contribution in [0, 0.1) is 11.8 Å². The zero-order chi connectivity index (χ0) is 12.3. The van der Waals surface area contributed by atoms with Gasteiger partial charge < -0.3 is 9.67 Å². The molecular weight excluding hydrogens is 252 g/mol. The van der Waals surface area contributed by atoms with Gasteiger partial charge in [0.05, 0.1) is 12.4 Å². The van der Waals surface area contributed by atoms with Crippen LogP contribution >= 0.6 is 11.6 Å². The van der Waals surface area contributed by atoms with Crippen LogP contribution in [0.25, 0.3) is 11.2 Å². The molecule has 2 aliphatic carbocycles. The zero-order valence-electron chi connectivity index (χ0n) is 9.70. The third-order valence-corrected chi connectivity index (χ3v) is 4.73. The topological polar surface area (TPSA) is 63.8 Å². The Balaban J connectivity index is 1.78. The van der Waals surface area contributed by atoms with Gasteiger partial charge in [-0.1, -0.05) is 11.6 Å². The largest absolute Gasteiger partial charge is 0.393 e. The Bertz CT molecular complexity index is 611. The molecule has 2 saturated carbocycles. The van der Waals surface area contributed by atoms with Gasteiger partial charge in [0.1, 0.15) is 11.8 Å². The maximum absolute atomic E-state index is 9.82. The fraction of sp³-hybridized carbons (Fsp3) is 0.583. The summed E-state index contributed by atoms with van der Waals surface area (Å²) in [5.41, 5.74) is 1.48. The number of aromatic nitrogens is 4. The SMILES string of the molecule is O[C@H]1C[C@@H]2C[C@@H]1C[C@H]2n1cnc2c(Cl)ncnc21. The molecule has 2 bridgehead atoms. The molecule has 2 aromatic heterocycles. The Morgan fingerprint density at radius 1 is 1.17 bits per heavy atom. The highest BCUT2D eigenvalue weighted by molar-refractivity contribution is 6.33.